The molecule has 0 fully saturated rings. The second kappa shape index (κ2) is 7.29. The summed E-state index contributed by atoms with van der Waals surface area (Å²) in [6, 6.07) is 0. The van der Waals surface area contributed by atoms with Crippen molar-refractivity contribution >= 4 is 23.2 Å². The molecule has 0 aliphatic rings. The van der Waals surface area contributed by atoms with Crippen LogP contribution in [0.4, 0.5) is 0 Å². The monoisotopic (exact) mass is 190 g/mol. The molecule has 0 aromatic rings. The van der Waals surface area contributed by atoms with E-state index in [2.05, 4.69) is 6.92 Å². The third-order valence-electron chi connectivity index (χ3n) is 1.60. The quantitative estimate of drug-likeness (QED) is 0.351. The predicted molar refractivity (Wildman–Crippen MR) is 49.5 cm³/mol. The first-order chi connectivity index (χ1) is 5.70. The maximum absolute atomic E-state index is 11.0. The second-order valence-corrected chi connectivity index (χ2v) is 3.11. The number of Topliss-reactive ketones (excluding diaryl/α,β-unsaturated/α-hetero) is 2. The van der Waals surface area contributed by atoms with Gasteiger partial charge in [0.2, 0.25) is 0 Å². The summed E-state index contributed by atoms with van der Waals surface area (Å²) in [5.74, 6) is -0.188. The van der Waals surface area contributed by atoms with Gasteiger partial charge in [0, 0.05) is 6.42 Å². The fraction of sp³-hybridized carbons (Fsp3) is 0.778. The van der Waals surface area contributed by atoms with Gasteiger partial charge in [-0.3, -0.25) is 9.59 Å². The Morgan fingerprint density at radius 1 is 1.17 bits per heavy atom. The Balaban J connectivity index is 3.40. The molecule has 0 saturated carbocycles. The first kappa shape index (κ1) is 11.6. The van der Waals surface area contributed by atoms with E-state index in [0.29, 0.717) is 6.42 Å². The van der Waals surface area contributed by atoms with Crippen LogP contribution in [0.3, 0.4) is 0 Å². The topological polar surface area (TPSA) is 34.1 Å². The van der Waals surface area contributed by atoms with Gasteiger partial charge < -0.3 is 0 Å². The number of halogens is 1. The summed E-state index contributed by atoms with van der Waals surface area (Å²) in [5.41, 5.74) is 0. The van der Waals surface area contributed by atoms with Gasteiger partial charge in [0.1, 0.15) is 5.78 Å². The van der Waals surface area contributed by atoms with E-state index in [0.717, 1.165) is 19.3 Å². The van der Waals surface area contributed by atoms with Crippen molar-refractivity contribution in [3.05, 3.63) is 0 Å². The predicted octanol–water partition coefficient (Wildman–Crippen LogP) is 2.33. The summed E-state index contributed by atoms with van der Waals surface area (Å²) in [5, 5.41) is 0. The third-order valence-corrected chi connectivity index (χ3v) is 1.90. The molecule has 0 heterocycles. The van der Waals surface area contributed by atoms with Gasteiger partial charge in [-0.05, 0) is 6.42 Å². The molecule has 0 amide bonds. The van der Waals surface area contributed by atoms with E-state index in [1.54, 1.807) is 0 Å². The molecule has 0 radical (unpaired) electrons. The Labute approximate surface area is 78.3 Å². The van der Waals surface area contributed by atoms with Gasteiger partial charge in [-0.25, -0.2) is 0 Å². The van der Waals surface area contributed by atoms with Gasteiger partial charge in [0.05, 0.1) is 12.3 Å². The lowest BCUT2D eigenvalue weighted by Crippen LogP contribution is -2.08. The lowest BCUT2D eigenvalue weighted by atomic mass is 10.1. The van der Waals surface area contributed by atoms with Crippen LogP contribution in [-0.2, 0) is 9.59 Å². The molecular weight excluding hydrogens is 176 g/mol. The van der Waals surface area contributed by atoms with E-state index in [-0.39, 0.29) is 23.9 Å². The molecule has 0 spiro atoms. The third kappa shape index (κ3) is 6.35. The highest BCUT2D eigenvalue weighted by Gasteiger charge is 2.07. The largest absolute Gasteiger partial charge is 0.299 e. The van der Waals surface area contributed by atoms with Crippen molar-refractivity contribution in [3.63, 3.8) is 0 Å². The van der Waals surface area contributed by atoms with Crippen LogP contribution in [0, 0.1) is 0 Å². The number of carbonyl (C=O) groups is 2. The summed E-state index contributed by atoms with van der Waals surface area (Å²) < 4.78 is 0. The van der Waals surface area contributed by atoms with Gasteiger partial charge in [0.15, 0.2) is 5.78 Å². The SMILES string of the molecule is CCCCCC(=O)CC(=O)CCl. The molecule has 0 aromatic carbocycles. The van der Waals surface area contributed by atoms with Crippen molar-refractivity contribution in [3.8, 4) is 0 Å². The van der Waals surface area contributed by atoms with Gasteiger partial charge in [-0.15, -0.1) is 11.6 Å². The minimum Gasteiger partial charge on any atom is -0.299 e. The molecule has 0 rings (SSSR count). The Bertz CT molecular complexity index is 155. The molecule has 0 N–H and O–H groups in total. The van der Waals surface area contributed by atoms with E-state index in [9.17, 15) is 9.59 Å². The minimum atomic E-state index is -0.168. The summed E-state index contributed by atoms with van der Waals surface area (Å²) in [4.78, 5) is 21.7. The average molecular weight is 191 g/mol. The zero-order valence-electron chi connectivity index (χ0n) is 7.44. The van der Waals surface area contributed by atoms with Crippen LogP contribution in [0.15, 0.2) is 0 Å². The van der Waals surface area contributed by atoms with Gasteiger partial charge >= 0.3 is 0 Å². The molecule has 70 valence electrons. The number of hydrogen-bond donors (Lipinski definition) is 0. The lowest BCUT2D eigenvalue weighted by molar-refractivity contribution is -0.125. The maximum atomic E-state index is 11.0. The normalized spacial score (nSPS) is 9.83. The van der Waals surface area contributed by atoms with Crippen molar-refractivity contribution in [2.75, 3.05) is 5.88 Å². The summed E-state index contributed by atoms with van der Waals surface area (Å²) in [6.45, 7) is 2.08. The van der Waals surface area contributed by atoms with Crippen molar-refractivity contribution in [1.29, 1.82) is 0 Å². The van der Waals surface area contributed by atoms with Gasteiger partial charge in [-0.2, -0.15) is 0 Å². The van der Waals surface area contributed by atoms with Crippen LogP contribution in [0.2, 0.25) is 0 Å². The highest BCUT2D eigenvalue weighted by molar-refractivity contribution is 6.29. The molecule has 0 aliphatic heterocycles. The Hall–Kier alpha value is -0.370. The molecule has 2 nitrogen and oxygen atoms in total. The average Bonchev–Trinajstić information content (AvgIpc) is 2.05. The molecule has 12 heavy (non-hydrogen) atoms. The molecule has 0 saturated heterocycles. The smallest absolute Gasteiger partial charge is 0.154 e. The van der Waals surface area contributed by atoms with Crippen LogP contribution in [0.25, 0.3) is 0 Å². The number of hydrogen-bond acceptors (Lipinski definition) is 2. The Morgan fingerprint density at radius 3 is 2.33 bits per heavy atom. The second-order valence-electron chi connectivity index (χ2n) is 2.84. The van der Waals surface area contributed by atoms with E-state index in [1.807, 2.05) is 0 Å². The zero-order chi connectivity index (χ0) is 9.40. The number of carbonyl (C=O) groups excluding carboxylic acids is 2. The standard InChI is InChI=1S/C9H15ClO2/c1-2-3-4-5-8(11)6-9(12)7-10/h2-7H2,1H3. The summed E-state index contributed by atoms with van der Waals surface area (Å²) in [6.07, 6.45) is 3.59. The fourth-order valence-corrected chi connectivity index (χ4v) is 1.02. The Morgan fingerprint density at radius 2 is 1.83 bits per heavy atom. The van der Waals surface area contributed by atoms with Gasteiger partial charge in [0.25, 0.3) is 0 Å². The van der Waals surface area contributed by atoms with Crippen molar-refractivity contribution in [2.24, 2.45) is 0 Å². The number of rotatable bonds is 7. The first-order valence-electron chi connectivity index (χ1n) is 4.30. The van der Waals surface area contributed by atoms with Crippen molar-refractivity contribution in [2.45, 2.75) is 39.0 Å². The van der Waals surface area contributed by atoms with Crippen LogP contribution >= 0.6 is 11.6 Å². The minimum absolute atomic E-state index is 0.0210. The highest BCUT2D eigenvalue weighted by atomic mass is 35.5. The van der Waals surface area contributed by atoms with Crippen molar-refractivity contribution in [1.82, 2.24) is 0 Å². The van der Waals surface area contributed by atoms with E-state index in [4.69, 9.17) is 11.6 Å². The maximum Gasteiger partial charge on any atom is 0.154 e. The van der Waals surface area contributed by atoms with E-state index >= 15 is 0 Å². The van der Waals surface area contributed by atoms with Crippen LogP contribution in [-0.4, -0.2) is 17.4 Å². The molecule has 0 aliphatic carbocycles. The molecule has 3 heteroatoms. The van der Waals surface area contributed by atoms with Crippen LogP contribution in [0.5, 0.6) is 0 Å². The highest BCUT2D eigenvalue weighted by Crippen LogP contribution is 2.02. The molecule has 0 bridgehead atoms. The van der Waals surface area contributed by atoms with Crippen LogP contribution in [0.1, 0.15) is 39.0 Å². The zero-order valence-corrected chi connectivity index (χ0v) is 8.19. The van der Waals surface area contributed by atoms with E-state index < -0.39 is 0 Å². The summed E-state index contributed by atoms with van der Waals surface area (Å²) >= 11 is 5.26. The van der Waals surface area contributed by atoms with E-state index in [1.165, 1.54) is 0 Å². The lowest BCUT2D eigenvalue weighted by Gasteiger charge is -1.97. The Kier molecular flexibility index (Phi) is 7.06. The molecule has 0 aromatic heterocycles. The summed E-state index contributed by atoms with van der Waals surface area (Å²) in [7, 11) is 0. The number of unbranched alkanes of at least 4 members (excludes halogenated alkanes) is 2. The van der Waals surface area contributed by atoms with Gasteiger partial charge in [-0.1, -0.05) is 19.8 Å². The van der Waals surface area contributed by atoms with Crippen LogP contribution < -0.4 is 0 Å². The first-order valence-corrected chi connectivity index (χ1v) is 4.83. The molecule has 0 atom stereocenters. The number of alkyl halides is 1. The van der Waals surface area contributed by atoms with Crippen molar-refractivity contribution < 1.29 is 9.59 Å². The number of ketones is 2. The fourth-order valence-electron chi connectivity index (χ4n) is 0.928. The molecule has 0 unspecified atom stereocenters. The molecular formula is C9H15ClO2.